The van der Waals surface area contributed by atoms with Gasteiger partial charge in [0.05, 0.1) is 28.4 Å². The summed E-state index contributed by atoms with van der Waals surface area (Å²) in [5.74, 6) is 5.39. The highest BCUT2D eigenvalue weighted by molar-refractivity contribution is 5.66. The average molecular weight is 685 g/mol. The van der Waals surface area contributed by atoms with Gasteiger partial charge in [-0.25, -0.2) is 0 Å². The van der Waals surface area contributed by atoms with Crippen molar-refractivity contribution in [1.82, 2.24) is 0 Å². The van der Waals surface area contributed by atoms with E-state index in [-0.39, 0.29) is 5.41 Å². The Morgan fingerprint density at radius 3 is 2.18 bits per heavy atom. The van der Waals surface area contributed by atoms with Crippen molar-refractivity contribution in [1.29, 1.82) is 0 Å². The van der Waals surface area contributed by atoms with E-state index in [0.29, 0.717) is 11.8 Å². The lowest BCUT2D eigenvalue weighted by Gasteiger charge is -2.57. The number of ether oxygens (including phenoxy) is 5. The molecular weight excluding hydrogens is 633 g/mol. The molecule has 0 spiro atoms. The van der Waals surface area contributed by atoms with Gasteiger partial charge in [-0.1, -0.05) is 60.9 Å². The topological polar surface area (TPSA) is 46.2 Å². The molecule has 51 heavy (non-hydrogen) atoms. The third kappa shape index (κ3) is 5.99. The fraction of sp³-hybridized carbons (Fsp3) is 0.391. The summed E-state index contributed by atoms with van der Waals surface area (Å²) in [6.07, 6.45) is 26.4. The predicted molar refractivity (Wildman–Crippen MR) is 204 cm³/mol. The minimum absolute atomic E-state index is 0.140. The first-order valence-corrected chi connectivity index (χ1v) is 18.6. The van der Waals surface area contributed by atoms with E-state index in [2.05, 4.69) is 79.8 Å². The zero-order valence-corrected chi connectivity index (χ0v) is 31.1. The van der Waals surface area contributed by atoms with Crippen molar-refractivity contribution in [3.05, 3.63) is 153 Å². The molecule has 2 fully saturated rings. The Labute approximate surface area is 304 Å². The molecule has 266 valence electrons. The van der Waals surface area contributed by atoms with Crippen molar-refractivity contribution in [2.24, 2.45) is 11.8 Å². The van der Waals surface area contributed by atoms with E-state index >= 15 is 0 Å². The van der Waals surface area contributed by atoms with Crippen LogP contribution in [0.5, 0.6) is 11.5 Å². The average Bonchev–Trinajstić information content (AvgIpc) is 3.43. The van der Waals surface area contributed by atoms with Gasteiger partial charge in [0, 0.05) is 27.7 Å². The number of fused-ring (bicyclic) bond motifs is 2. The van der Waals surface area contributed by atoms with E-state index in [9.17, 15) is 0 Å². The van der Waals surface area contributed by atoms with E-state index in [1.54, 1.807) is 28.4 Å². The van der Waals surface area contributed by atoms with Crippen LogP contribution in [0.3, 0.4) is 0 Å². The molecule has 2 bridgehead atoms. The molecule has 5 heteroatoms. The lowest BCUT2D eigenvalue weighted by molar-refractivity contribution is 0.0662. The van der Waals surface area contributed by atoms with Gasteiger partial charge in [0.15, 0.2) is 5.60 Å². The highest BCUT2D eigenvalue weighted by atomic mass is 16.5. The Hall–Kier alpha value is -4.64. The maximum atomic E-state index is 7.68. The molecule has 1 aliphatic heterocycles. The van der Waals surface area contributed by atoms with Crippen LogP contribution in [-0.4, -0.2) is 28.4 Å². The van der Waals surface area contributed by atoms with Crippen LogP contribution in [0.4, 0.5) is 0 Å². The van der Waals surface area contributed by atoms with Crippen LogP contribution in [0.1, 0.15) is 76.3 Å². The van der Waals surface area contributed by atoms with Crippen LogP contribution in [0.2, 0.25) is 0 Å². The quantitative estimate of drug-likeness (QED) is 0.246. The Bertz CT molecular complexity index is 1870. The molecule has 1 heterocycles. The summed E-state index contributed by atoms with van der Waals surface area (Å²) in [6, 6.07) is 17.3. The molecular formula is C46H52O5. The molecule has 4 aliphatic carbocycles. The van der Waals surface area contributed by atoms with Gasteiger partial charge >= 0.3 is 0 Å². The minimum Gasteiger partial charge on any atom is -0.497 e. The van der Waals surface area contributed by atoms with Gasteiger partial charge in [0.1, 0.15) is 28.8 Å². The molecule has 0 radical (unpaired) electrons. The molecule has 2 aromatic carbocycles. The first-order valence-electron chi connectivity index (χ1n) is 18.6. The van der Waals surface area contributed by atoms with Crippen molar-refractivity contribution in [3.63, 3.8) is 0 Å². The molecule has 7 rings (SSSR count). The monoisotopic (exact) mass is 684 g/mol. The Kier molecular flexibility index (Phi) is 9.92. The van der Waals surface area contributed by atoms with Gasteiger partial charge in [-0.05, 0) is 130 Å². The Morgan fingerprint density at radius 2 is 1.53 bits per heavy atom. The fourth-order valence-corrected chi connectivity index (χ4v) is 9.78. The zero-order valence-electron chi connectivity index (χ0n) is 31.1. The summed E-state index contributed by atoms with van der Waals surface area (Å²) in [7, 11) is 6.95. The van der Waals surface area contributed by atoms with Gasteiger partial charge < -0.3 is 23.7 Å². The Balaban J connectivity index is 1.48. The van der Waals surface area contributed by atoms with Gasteiger partial charge in [0.2, 0.25) is 0 Å². The SMILES string of the molecule is C/C=C(\C=C1/CC(C)=C(C2(c3cccc(OC)c3)C3CCCC2CCC3)C2=C1OC(C1=CCC=C(OC)C=C1)(c1ccc(OC)cc1)C=C2)OC. The second-order valence-electron chi connectivity index (χ2n) is 14.4. The largest absolute Gasteiger partial charge is 0.497 e. The summed E-state index contributed by atoms with van der Waals surface area (Å²) < 4.78 is 30.7. The number of benzene rings is 2. The molecule has 0 amide bonds. The van der Waals surface area contributed by atoms with Gasteiger partial charge in [-0.2, -0.15) is 0 Å². The third-order valence-electron chi connectivity index (χ3n) is 12.0. The standard InChI is InChI=1S/C46H52O5/c1-7-38(47-3)29-32-28-31(2)43(46(37-17-11-19-41(30-37)50-6)35-13-8-14-36(46)16-9-15-35)42-26-27-45(51-44(32)42,34-21-24-40(49-5)25-22-34)33-12-10-18-39(48-4)23-20-33/h7,11-12,17-27,29-30,35-36H,8-10,13-16,28H2,1-6H3/b32-29+,38-7+. The number of methoxy groups -OCH3 is 4. The maximum absolute atomic E-state index is 7.68. The van der Waals surface area contributed by atoms with Gasteiger partial charge in [-0.3, -0.25) is 0 Å². The summed E-state index contributed by atoms with van der Waals surface area (Å²) in [5, 5.41) is 0. The Morgan fingerprint density at radius 1 is 0.804 bits per heavy atom. The first-order chi connectivity index (χ1) is 24.9. The maximum Gasteiger partial charge on any atom is 0.177 e. The van der Waals surface area contributed by atoms with Gasteiger partial charge in [0.25, 0.3) is 0 Å². The summed E-state index contributed by atoms with van der Waals surface area (Å²) in [5.41, 5.74) is 7.61. The molecule has 0 N–H and O–H groups in total. The summed E-state index contributed by atoms with van der Waals surface area (Å²) in [4.78, 5) is 0. The van der Waals surface area contributed by atoms with E-state index < -0.39 is 5.60 Å². The van der Waals surface area contributed by atoms with E-state index in [1.165, 1.54) is 60.8 Å². The summed E-state index contributed by atoms with van der Waals surface area (Å²) in [6.45, 7) is 4.38. The predicted octanol–water partition coefficient (Wildman–Crippen LogP) is 10.9. The van der Waals surface area contributed by atoms with Crippen LogP contribution >= 0.6 is 0 Å². The van der Waals surface area contributed by atoms with E-state index in [0.717, 1.165) is 58.3 Å². The molecule has 2 aromatic rings. The molecule has 5 aliphatic rings. The number of rotatable bonds is 9. The third-order valence-corrected chi connectivity index (χ3v) is 12.0. The number of allylic oxidation sites excluding steroid dienone is 10. The zero-order chi connectivity index (χ0) is 35.6. The van der Waals surface area contributed by atoms with E-state index in [4.69, 9.17) is 23.7 Å². The second kappa shape index (κ2) is 14.5. The van der Waals surface area contributed by atoms with Crippen molar-refractivity contribution in [2.45, 2.75) is 76.2 Å². The number of hydrogen-bond acceptors (Lipinski definition) is 5. The van der Waals surface area contributed by atoms with Gasteiger partial charge in [-0.15, -0.1) is 0 Å². The highest BCUT2D eigenvalue weighted by Gasteiger charge is 2.56. The molecule has 0 saturated heterocycles. The normalized spacial score (nSPS) is 28.4. The van der Waals surface area contributed by atoms with Crippen LogP contribution in [0.25, 0.3) is 0 Å². The molecule has 5 nitrogen and oxygen atoms in total. The van der Waals surface area contributed by atoms with Crippen molar-refractivity contribution < 1.29 is 23.7 Å². The lowest BCUT2D eigenvalue weighted by Crippen LogP contribution is -2.51. The van der Waals surface area contributed by atoms with Crippen molar-refractivity contribution in [3.8, 4) is 11.5 Å². The molecule has 1 atom stereocenters. The fourth-order valence-electron chi connectivity index (χ4n) is 9.78. The number of hydrogen-bond donors (Lipinski definition) is 0. The van der Waals surface area contributed by atoms with Crippen LogP contribution in [-0.2, 0) is 25.2 Å². The summed E-state index contributed by atoms with van der Waals surface area (Å²) >= 11 is 0. The van der Waals surface area contributed by atoms with Crippen molar-refractivity contribution in [2.75, 3.05) is 28.4 Å². The van der Waals surface area contributed by atoms with Crippen LogP contribution in [0, 0.1) is 11.8 Å². The highest BCUT2D eigenvalue weighted by Crippen LogP contribution is 2.63. The molecule has 1 unspecified atom stereocenters. The van der Waals surface area contributed by atoms with E-state index in [1.807, 2.05) is 31.2 Å². The van der Waals surface area contributed by atoms with Crippen LogP contribution in [0.15, 0.2) is 142 Å². The molecule has 2 saturated carbocycles. The van der Waals surface area contributed by atoms with Crippen molar-refractivity contribution >= 4 is 0 Å². The minimum atomic E-state index is -0.886. The first kappa shape index (κ1) is 34.8. The second-order valence-corrected chi connectivity index (χ2v) is 14.4. The lowest BCUT2D eigenvalue weighted by atomic mass is 9.47. The smallest absolute Gasteiger partial charge is 0.177 e. The van der Waals surface area contributed by atoms with Crippen LogP contribution < -0.4 is 9.47 Å². The molecule has 0 aromatic heterocycles.